The summed E-state index contributed by atoms with van der Waals surface area (Å²) < 4.78 is 0. The molecule has 0 N–H and O–H groups in total. The molecule has 0 saturated heterocycles. The Labute approximate surface area is 206 Å². The minimum atomic E-state index is 0. The maximum Gasteiger partial charge on any atom is 2.00 e. The second-order valence-electron chi connectivity index (χ2n) is 7.71. The van der Waals surface area contributed by atoms with Crippen LogP contribution in [0.4, 0.5) is 0 Å². The predicted octanol–water partition coefficient (Wildman–Crippen LogP) is 3.97. The molecule has 0 aliphatic heterocycles. The number of hydrogen-bond acceptors (Lipinski definition) is 6. The van der Waals surface area contributed by atoms with Crippen molar-refractivity contribution in [1.82, 2.24) is 29.7 Å². The van der Waals surface area contributed by atoms with E-state index in [0.717, 1.165) is 62.0 Å². The molecule has 4 aromatic rings. The van der Waals surface area contributed by atoms with Gasteiger partial charge in [-0.25, -0.2) is 0 Å². The second kappa shape index (κ2) is 13.6. The Morgan fingerprint density at radius 1 is 0.424 bits per heavy atom. The van der Waals surface area contributed by atoms with Gasteiger partial charge in [-0.2, -0.15) is 0 Å². The SMILES string of the molecule is [Fe+2].c1ccc(CN(CCN(Cc2ccccn2)Cc2ccccn2)Cc2ccccn2)nc1. The summed E-state index contributed by atoms with van der Waals surface area (Å²) in [6.07, 6.45) is 7.40. The zero-order valence-corrected chi connectivity index (χ0v) is 19.6. The predicted molar refractivity (Wildman–Crippen MR) is 125 cm³/mol. The van der Waals surface area contributed by atoms with Gasteiger partial charge in [0.05, 0.1) is 22.8 Å². The number of nitrogens with zero attached hydrogens (tertiary/aromatic N) is 6. The summed E-state index contributed by atoms with van der Waals surface area (Å²) in [5.74, 6) is 0. The van der Waals surface area contributed by atoms with Gasteiger partial charge in [0.2, 0.25) is 0 Å². The van der Waals surface area contributed by atoms with Gasteiger partial charge in [0.1, 0.15) is 0 Å². The van der Waals surface area contributed by atoms with Crippen molar-refractivity contribution in [1.29, 1.82) is 0 Å². The summed E-state index contributed by atoms with van der Waals surface area (Å²) in [4.78, 5) is 22.9. The third kappa shape index (κ3) is 8.48. The Balaban J connectivity index is 0.00000306. The average molecular weight is 480 g/mol. The van der Waals surface area contributed by atoms with Crippen LogP contribution in [0.3, 0.4) is 0 Å². The van der Waals surface area contributed by atoms with E-state index in [0.29, 0.717) is 0 Å². The minimum absolute atomic E-state index is 0. The molecular formula is C26H28FeN6+2. The molecule has 0 amide bonds. The zero-order valence-electron chi connectivity index (χ0n) is 18.5. The maximum atomic E-state index is 4.53. The third-order valence-corrected chi connectivity index (χ3v) is 5.18. The van der Waals surface area contributed by atoms with E-state index >= 15 is 0 Å². The number of rotatable bonds is 11. The van der Waals surface area contributed by atoms with Gasteiger partial charge in [0.15, 0.2) is 0 Å². The quantitative estimate of drug-likeness (QED) is 0.303. The normalized spacial score (nSPS) is 10.8. The first-order chi connectivity index (χ1) is 15.8. The standard InChI is InChI=1S/C26H28N6.Fe/c1-5-13-27-23(9-1)19-31(20-24-10-2-6-14-28-24)17-18-32(21-25-11-3-7-15-29-25)22-26-12-4-8-16-30-26;/h1-16H,17-22H2;/q;+2. The number of aromatic nitrogens is 4. The molecule has 33 heavy (non-hydrogen) atoms. The van der Waals surface area contributed by atoms with E-state index in [-0.39, 0.29) is 17.1 Å². The fraction of sp³-hybridized carbons (Fsp3) is 0.231. The van der Waals surface area contributed by atoms with Crippen LogP contribution in [-0.2, 0) is 43.2 Å². The van der Waals surface area contributed by atoms with Gasteiger partial charge in [-0.1, -0.05) is 24.3 Å². The first-order valence-corrected chi connectivity index (χ1v) is 10.9. The fourth-order valence-corrected chi connectivity index (χ4v) is 3.59. The zero-order chi connectivity index (χ0) is 21.8. The summed E-state index contributed by atoms with van der Waals surface area (Å²) in [5, 5.41) is 0. The summed E-state index contributed by atoms with van der Waals surface area (Å²) in [7, 11) is 0. The molecule has 0 fully saturated rings. The molecule has 0 aliphatic carbocycles. The van der Waals surface area contributed by atoms with Crippen molar-refractivity contribution in [2.24, 2.45) is 0 Å². The molecule has 6 nitrogen and oxygen atoms in total. The number of pyridine rings is 4. The molecule has 7 heteroatoms. The third-order valence-electron chi connectivity index (χ3n) is 5.18. The Morgan fingerprint density at radius 2 is 0.697 bits per heavy atom. The molecule has 4 heterocycles. The van der Waals surface area contributed by atoms with Crippen molar-refractivity contribution in [2.45, 2.75) is 26.2 Å². The summed E-state index contributed by atoms with van der Waals surface area (Å²) in [5.41, 5.74) is 4.24. The average Bonchev–Trinajstić information content (AvgIpc) is 2.85. The molecule has 0 aromatic carbocycles. The molecule has 0 radical (unpaired) electrons. The Morgan fingerprint density at radius 3 is 0.909 bits per heavy atom. The van der Waals surface area contributed by atoms with Crippen LogP contribution in [0.2, 0.25) is 0 Å². The Bertz CT molecular complexity index is 865. The summed E-state index contributed by atoms with van der Waals surface area (Å²) in [6, 6.07) is 24.3. The van der Waals surface area contributed by atoms with Crippen LogP contribution >= 0.6 is 0 Å². The summed E-state index contributed by atoms with van der Waals surface area (Å²) in [6.45, 7) is 4.87. The van der Waals surface area contributed by atoms with Gasteiger partial charge in [0, 0.05) is 64.1 Å². The van der Waals surface area contributed by atoms with Crippen LogP contribution in [0.25, 0.3) is 0 Å². The van der Waals surface area contributed by atoms with Gasteiger partial charge in [-0.15, -0.1) is 0 Å². The smallest absolute Gasteiger partial charge is 0.290 e. The molecule has 4 aromatic heterocycles. The molecule has 0 aliphatic rings. The van der Waals surface area contributed by atoms with Crippen molar-refractivity contribution in [2.75, 3.05) is 13.1 Å². The van der Waals surface area contributed by atoms with Crippen molar-refractivity contribution < 1.29 is 17.1 Å². The van der Waals surface area contributed by atoms with Gasteiger partial charge in [-0.3, -0.25) is 29.7 Å². The van der Waals surface area contributed by atoms with Crippen LogP contribution in [0.1, 0.15) is 22.8 Å². The van der Waals surface area contributed by atoms with Crippen molar-refractivity contribution in [3.8, 4) is 0 Å². The van der Waals surface area contributed by atoms with Gasteiger partial charge < -0.3 is 0 Å². The van der Waals surface area contributed by atoms with E-state index in [9.17, 15) is 0 Å². The molecular weight excluding hydrogens is 452 g/mol. The van der Waals surface area contributed by atoms with Crippen LogP contribution in [0.15, 0.2) is 97.6 Å². The van der Waals surface area contributed by atoms with Crippen LogP contribution in [0.5, 0.6) is 0 Å². The molecule has 0 saturated carbocycles. The van der Waals surface area contributed by atoms with Crippen molar-refractivity contribution in [3.05, 3.63) is 120 Å². The minimum Gasteiger partial charge on any atom is -0.290 e. The second-order valence-corrected chi connectivity index (χ2v) is 7.71. The van der Waals surface area contributed by atoms with Crippen LogP contribution in [0, 0.1) is 0 Å². The van der Waals surface area contributed by atoms with Crippen LogP contribution in [-0.4, -0.2) is 42.8 Å². The van der Waals surface area contributed by atoms with E-state index in [1.165, 1.54) is 0 Å². The largest absolute Gasteiger partial charge is 2.00 e. The van der Waals surface area contributed by atoms with Gasteiger partial charge >= 0.3 is 17.1 Å². The van der Waals surface area contributed by atoms with Crippen LogP contribution < -0.4 is 0 Å². The first kappa shape index (κ1) is 24.7. The molecule has 4 rings (SSSR count). The molecule has 0 bridgehead atoms. The molecule has 168 valence electrons. The van der Waals surface area contributed by atoms with E-state index in [1.54, 1.807) is 0 Å². The van der Waals surface area contributed by atoms with Crippen molar-refractivity contribution in [3.63, 3.8) is 0 Å². The molecule has 0 spiro atoms. The van der Waals surface area contributed by atoms with E-state index in [1.807, 2.05) is 73.3 Å². The monoisotopic (exact) mass is 480 g/mol. The Kier molecular flexibility index (Phi) is 10.1. The van der Waals surface area contributed by atoms with E-state index < -0.39 is 0 Å². The number of hydrogen-bond donors (Lipinski definition) is 0. The van der Waals surface area contributed by atoms with E-state index in [4.69, 9.17) is 0 Å². The Hall–Kier alpha value is -2.96. The fourth-order valence-electron chi connectivity index (χ4n) is 3.59. The first-order valence-electron chi connectivity index (χ1n) is 10.9. The van der Waals surface area contributed by atoms with Gasteiger partial charge in [-0.05, 0) is 48.5 Å². The van der Waals surface area contributed by atoms with Crippen molar-refractivity contribution >= 4 is 0 Å². The molecule has 0 unspecified atom stereocenters. The summed E-state index contributed by atoms with van der Waals surface area (Å²) >= 11 is 0. The molecule has 0 atom stereocenters. The maximum absolute atomic E-state index is 4.53. The van der Waals surface area contributed by atoms with Gasteiger partial charge in [0.25, 0.3) is 0 Å². The topological polar surface area (TPSA) is 58.0 Å². The van der Waals surface area contributed by atoms with E-state index in [2.05, 4.69) is 54.0 Å².